The van der Waals surface area contributed by atoms with Crippen molar-refractivity contribution in [3.05, 3.63) is 29.6 Å². The van der Waals surface area contributed by atoms with E-state index < -0.39 is 16.0 Å². The standard InChI is InChI=1S/C10H15FN2O3S/c1-13(2)17(14,15)12-7-8-6-9(11)4-5-10(8)16-3/h4-6,12H,7H2,1-3H3. The third kappa shape index (κ3) is 3.65. The van der Waals surface area contributed by atoms with Crippen LogP contribution in [0, 0.1) is 5.82 Å². The van der Waals surface area contributed by atoms with Gasteiger partial charge in [-0.05, 0) is 18.2 Å². The van der Waals surface area contributed by atoms with Crippen molar-refractivity contribution in [2.75, 3.05) is 21.2 Å². The minimum Gasteiger partial charge on any atom is -0.496 e. The van der Waals surface area contributed by atoms with Gasteiger partial charge in [0.25, 0.3) is 10.2 Å². The van der Waals surface area contributed by atoms with Crippen LogP contribution in [0.15, 0.2) is 18.2 Å². The Morgan fingerprint density at radius 2 is 2.06 bits per heavy atom. The second-order valence-corrected chi connectivity index (χ2v) is 5.53. The van der Waals surface area contributed by atoms with Crippen molar-refractivity contribution in [2.24, 2.45) is 0 Å². The Morgan fingerprint density at radius 3 is 2.59 bits per heavy atom. The van der Waals surface area contributed by atoms with Crippen LogP contribution < -0.4 is 9.46 Å². The van der Waals surface area contributed by atoms with Crippen LogP contribution >= 0.6 is 0 Å². The summed E-state index contributed by atoms with van der Waals surface area (Å²) in [4.78, 5) is 0. The van der Waals surface area contributed by atoms with Gasteiger partial charge in [-0.2, -0.15) is 17.4 Å². The predicted molar refractivity (Wildman–Crippen MR) is 62.4 cm³/mol. The van der Waals surface area contributed by atoms with E-state index in [2.05, 4.69) is 4.72 Å². The highest BCUT2D eigenvalue weighted by Crippen LogP contribution is 2.19. The van der Waals surface area contributed by atoms with Gasteiger partial charge in [0, 0.05) is 26.2 Å². The molecule has 0 aliphatic carbocycles. The third-order valence-corrected chi connectivity index (χ3v) is 3.64. The van der Waals surface area contributed by atoms with E-state index >= 15 is 0 Å². The molecule has 7 heteroatoms. The van der Waals surface area contributed by atoms with Gasteiger partial charge >= 0.3 is 0 Å². The summed E-state index contributed by atoms with van der Waals surface area (Å²) in [5.74, 6) is -0.00212. The fourth-order valence-electron chi connectivity index (χ4n) is 1.18. The first-order valence-corrected chi connectivity index (χ1v) is 6.30. The number of halogens is 1. The zero-order valence-corrected chi connectivity index (χ0v) is 10.7. The van der Waals surface area contributed by atoms with Gasteiger partial charge in [-0.25, -0.2) is 4.39 Å². The number of methoxy groups -OCH3 is 1. The fraction of sp³-hybridized carbons (Fsp3) is 0.400. The molecule has 1 N–H and O–H groups in total. The number of hydrogen-bond acceptors (Lipinski definition) is 3. The molecule has 0 saturated heterocycles. The molecule has 0 atom stereocenters. The maximum Gasteiger partial charge on any atom is 0.279 e. The zero-order chi connectivity index (χ0) is 13.1. The lowest BCUT2D eigenvalue weighted by atomic mass is 10.2. The molecule has 1 aromatic rings. The highest BCUT2D eigenvalue weighted by molar-refractivity contribution is 7.87. The zero-order valence-electron chi connectivity index (χ0n) is 9.90. The summed E-state index contributed by atoms with van der Waals surface area (Å²) in [5, 5.41) is 0. The van der Waals surface area contributed by atoms with Crippen LogP contribution in [0.4, 0.5) is 4.39 Å². The summed E-state index contributed by atoms with van der Waals surface area (Å²) < 4.78 is 44.3. The maximum absolute atomic E-state index is 13.0. The SMILES string of the molecule is COc1ccc(F)cc1CNS(=O)(=O)N(C)C. The Kier molecular flexibility index (Phi) is 4.44. The summed E-state index contributed by atoms with van der Waals surface area (Å²) >= 11 is 0. The van der Waals surface area contributed by atoms with E-state index in [9.17, 15) is 12.8 Å². The number of ether oxygens (including phenoxy) is 1. The molecule has 0 aliphatic heterocycles. The van der Waals surface area contributed by atoms with Crippen LogP contribution in [-0.4, -0.2) is 33.9 Å². The van der Waals surface area contributed by atoms with Crippen molar-refractivity contribution in [1.29, 1.82) is 0 Å². The van der Waals surface area contributed by atoms with E-state index in [4.69, 9.17) is 4.74 Å². The molecule has 0 saturated carbocycles. The Morgan fingerprint density at radius 1 is 1.41 bits per heavy atom. The summed E-state index contributed by atoms with van der Waals surface area (Å²) in [6.45, 7) is -0.0263. The van der Waals surface area contributed by atoms with Gasteiger partial charge in [-0.1, -0.05) is 0 Å². The van der Waals surface area contributed by atoms with Crippen molar-refractivity contribution in [1.82, 2.24) is 9.03 Å². The van der Waals surface area contributed by atoms with Gasteiger partial charge in [-0.15, -0.1) is 0 Å². The predicted octanol–water partition coefficient (Wildman–Crippen LogP) is 0.730. The molecule has 0 spiro atoms. The summed E-state index contributed by atoms with van der Waals surface area (Å²) in [6, 6.07) is 3.94. The molecule has 17 heavy (non-hydrogen) atoms. The number of nitrogens with zero attached hydrogens (tertiary/aromatic N) is 1. The van der Waals surface area contributed by atoms with E-state index in [1.54, 1.807) is 0 Å². The van der Waals surface area contributed by atoms with Crippen LogP contribution in [0.25, 0.3) is 0 Å². The van der Waals surface area contributed by atoms with Gasteiger partial charge < -0.3 is 4.74 Å². The van der Waals surface area contributed by atoms with E-state index in [-0.39, 0.29) is 6.54 Å². The first-order chi connectivity index (χ1) is 7.86. The first-order valence-electron chi connectivity index (χ1n) is 4.86. The Bertz CT molecular complexity index is 488. The van der Waals surface area contributed by atoms with E-state index in [1.165, 1.54) is 39.4 Å². The first kappa shape index (κ1) is 13.9. The minimum absolute atomic E-state index is 0.0263. The minimum atomic E-state index is -3.53. The van der Waals surface area contributed by atoms with Crippen molar-refractivity contribution >= 4 is 10.2 Å². The Balaban J connectivity index is 2.86. The number of rotatable bonds is 5. The highest BCUT2D eigenvalue weighted by Gasteiger charge is 2.14. The lowest BCUT2D eigenvalue weighted by molar-refractivity contribution is 0.407. The van der Waals surface area contributed by atoms with Crippen molar-refractivity contribution < 1.29 is 17.5 Å². The monoisotopic (exact) mass is 262 g/mol. The van der Waals surface area contributed by atoms with E-state index in [1.807, 2.05) is 0 Å². The van der Waals surface area contributed by atoms with Gasteiger partial charge in [-0.3, -0.25) is 0 Å². The van der Waals surface area contributed by atoms with Crippen LogP contribution in [0.1, 0.15) is 5.56 Å². The maximum atomic E-state index is 13.0. The molecule has 0 radical (unpaired) electrons. The molecule has 0 bridgehead atoms. The lowest BCUT2D eigenvalue weighted by Crippen LogP contribution is -2.35. The molecule has 0 heterocycles. The lowest BCUT2D eigenvalue weighted by Gasteiger charge is -2.13. The van der Waals surface area contributed by atoms with Crippen molar-refractivity contribution in [3.63, 3.8) is 0 Å². The highest BCUT2D eigenvalue weighted by atomic mass is 32.2. The number of benzene rings is 1. The Hall–Kier alpha value is -1.18. The molecule has 0 amide bonds. The molecular formula is C10H15FN2O3S. The van der Waals surface area contributed by atoms with Crippen LogP contribution in [0.5, 0.6) is 5.75 Å². The molecule has 1 aromatic carbocycles. The summed E-state index contributed by atoms with van der Waals surface area (Å²) in [6.07, 6.45) is 0. The molecule has 0 aromatic heterocycles. The number of hydrogen-bond donors (Lipinski definition) is 1. The second-order valence-electron chi connectivity index (χ2n) is 3.56. The van der Waals surface area contributed by atoms with E-state index in [0.717, 1.165) is 4.31 Å². The average Bonchev–Trinajstić information content (AvgIpc) is 2.26. The molecule has 0 unspecified atom stereocenters. The van der Waals surface area contributed by atoms with Crippen LogP contribution in [0.3, 0.4) is 0 Å². The quantitative estimate of drug-likeness (QED) is 0.851. The topological polar surface area (TPSA) is 58.6 Å². The molecule has 96 valence electrons. The fourth-order valence-corrected chi connectivity index (χ4v) is 1.78. The van der Waals surface area contributed by atoms with Crippen LogP contribution in [-0.2, 0) is 16.8 Å². The van der Waals surface area contributed by atoms with E-state index in [0.29, 0.717) is 11.3 Å². The molecule has 0 fully saturated rings. The van der Waals surface area contributed by atoms with Crippen molar-refractivity contribution in [2.45, 2.75) is 6.54 Å². The molecular weight excluding hydrogens is 247 g/mol. The average molecular weight is 262 g/mol. The van der Waals surface area contributed by atoms with Gasteiger partial charge in [0.15, 0.2) is 0 Å². The normalized spacial score (nSPS) is 11.8. The summed E-state index contributed by atoms with van der Waals surface area (Å²) in [7, 11) is 0.729. The smallest absolute Gasteiger partial charge is 0.279 e. The second kappa shape index (κ2) is 5.44. The molecule has 5 nitrogen and oxygen atoms in total. The molecule has 0 aliphatic rings. The Labute approximate surface area is 100 Å². The summed E-state index contributed by atoms with van der Waals surface area (Å²) in [5.41, 5.74) is 0.443. The third-order valence-electron chi connectivity index (χ3n) is 2.17. The van der Waals surface area contributed by atoms with Gasteiger partial charge in [0.2, 0.25) is 0 Å². The largest absolute Gasteiger partial charge is 0.496 e. The number of nitrogens with one attached hydrogen (secondary N) is 1. The van der Waals surface area contributed by atoms with Crippen LogP contribution in [0.2, 0.25) is 0 Å². The van der Waals surface area contributed by atoms with Gasteiger partial charge in [0.05, 0.1) is 7.11 Å². The van der Waals surface area contributed by atoms with Crippen molar-refractivity contribution in [3.8, 4) is 5.75 Å². The molecule has 1 rings (SSSR count). The van der Waals surface area contributed by atoms with Gasteiger partial charge in [0.1, 0.15) is 11.6 Å².